The van der Waals surface area contributed by atoms with Gasteiger partial charge in [-0.2, -0.15) is 0 Å². The lowest BCUT2D eigenvalue weighted by Crippen LogP contribution is -2.48. The Bertz CT molecular complexity index is 1130. The van der Waals surface area contributed by atoms with E-state index in [0.717, 1.165) is 16.7 Å². The zero-order valence-electron chi connectivity index (χ0n) is 22.1. The minimum atomic E-state index is -0.547. The molecule has 0 saturated heterocycles. The lowest BCUT2D eigenvalue weighted by Gasteiger charge is -2.36. The summed E-state index contributed by atoms with van der Waals surface area (Å²) < 4.78 is 5.59. The van der Waals surface area contributed by atoms with Gasteiger partial charge in [-0.1, -0.05) is 66.7 Å². The first-order valence-electron chi connectivity index (χ1n) is 13.6. The number of amides is 2. The fourth-order valence-corrected chi connectivity index (χ4v) is 5.26. The molecule has 7 nitrogen and oxygen atoms in total. The number of hydrogen-bond donors (Lipinski definition) is 2. The third-order valence-corrected chi connectivity index (χ3v) is 7.47. The van der Waals surface area contributed by atoms with Crippen LogP contribution in [0, 0.1) is 11.8 Å². The van der Waals surface area contributed by atoms with E-state index >= 15 is 0 Å². The first kappa shape index (κ1) is 27.6. The van der Waals surface area contributed by atoms with Crippen molar-refractivity contribution in [2.24, 2.45) is 11.8 Å². The fourth-order valence-electron chi connectivity index (χ4n) is 5.26. The van der Waals surface area contributed by atoms with Crippen molar-refractivity contribution < 1.29 is 24.2 Å². The van der Waals surface area contributed by atoms with Gasteiger partial charge in [-0.15, -0.1) is 0 Å². The Kier molecular flexibility index (Phi) is 9.71. The Labute approximate surface area is 224 Å². The van der Waals surface area contributed by atoms with Gasteiger partial charge >= 0.3 is 5.97 Å². The summed E-state index contributed by atoms with van der Waals surface area (Å²) >= 11 is 0. The van der Waals surface area contributed by atoms with Crippen LogP contribution in [0.4, 0.5) is 0 Å². The van der Waals surface area contributed by atoms with Gasteiger partial charge < -0.3 is 20.1 Å². The maximum Gasteiger partial charge on any atom is 0.309 e. The number of nitrogens with one attached hydrogen (secondary N) is 1. The summed E-state index contributed by atoms with van der Waals surface area (Å²) in [5.41, 5.74) is 3.31. The van der Waals surface area contributed by atoms with E-state index in [4.69, 9.17) is 4.74 Å². The lowest BCUT2D eigenvalue weighted by atomic mass is 9.92. The first-order chi connectivity index (χ1) is 18.4. The van der Waals surface area contributed by atoms with Crippen LogP contribution in [0.25, 0.3) is 0 Å². The summed E-state index contributed by atoms with van der Waals surface area (Å²) in [5.74, 6) is -1.44. The topological polar surface area (TPSA) is 95.9 Å². The third-order valence-electron chi connectivity index (χ3n) is 7.47. The largest absolute Gasteiger partial charge is 0.463 e. The number of esters is 1. The number of rotatable bonds is 5. The van der Waals surface area contributed by atoms with Gasteiger partial charge in [0.2, 0.25) is 11.8 Å². The molecular weight excluding hydrogens is 480 g/mol. The number of ether oxygens (including phenoxy) is 1. The minimum Gasteiger partial charge on any atom is -0.463 e. The second kappa shape index (κ2) is 13.4. The number of hydrogen-bond acceptors (Lipinski definition) is 5. The Morgan fingerprint density at radius 2 is 1.76 bits per heavy atom. The van der Waals surface area contributed by atoms with Gasteiger partial charge in [-0.3, -0.25) is 14.4 Å². The van der Waals surface area contributed by atoms with E-state index in [0.29, 0.717) is 38.6 Å². The Balaban J connectivity index is 1.43. The highest BCUT2D eigenvalue weighted by Crippen LogP contribution is 2.26. The highest BCUT2D eigenvalue weighted by Gasteiger charge is 2.32. The van der Waals surface area contributed by atoms with Crippen LogP contribution in [0.2, 0.25) is 0 Å². The van der Waals surface area contributed by atoms with Gasteiger partial charge in [0.25, 0.3) is 0 Å². The van der Waals surface area contributed by atoms with E-state index in [2.05, 4.69) is 5.32 Å². The molecule has 2 aliphatic rings. The van der Waals surface area contributed by atoms with Crippen molar-refractivity contribution >= 4 is 17.8 Å². The van der Waals surface area contributed by atoms with E-state index in [1.807, 2.05) is 66.7 Å². The molecule has 2 aromatic rings. The second-order valence-electron chi connectivity index (χ2n) is 10.4. The predicted molar refractivity (Wildman–Crippen MR) is 145 cm³/mol. The van der Waals surface area contributed by atoms with Crippen molar-refractivity contribution in [3.63, 3.8) is 0 Å². The van der Waals surface area contributed by atoms with Gasteiger partial charge in [-0.05, 0) is 55.7 Å². The highest BCUT2D eigenvalue weighted by molar-refractivity contribution is 5.86. The average molecular weight is 519 g/mol. The molecule has 4 unspecified atom stereocenters. The first-order valence-corrected chi connectivity index (χ1v) is 13.6. The molecule has 0 aromatic heterocycles. The minimum absolute atomic E-state index is 0.0536. The highest BCUT2D eigenvalue weighted by atomic mass is 16.5. The van der Waals surface area contributed by atoms with E-state index in [-0.39, 0.29) is 55.4 Å². The van der Waals surface area contributed by atoms with Crippen LogP contribution >= 0.6 is 0 Å². The summed E-state index contributed by atoms with van der Waals surface area (Å²) in [4.78, 5) is 41.1. The normalized spacial score (nSPS) is 24.7. The zero-order valence-corrected chi connectivity index (χ0v) is 22.1. The maximum absolute atomic E-state index is 13.4. The molecular formula is C31H38N2O5. The Hall–Kier alpha value is -3.45. The summed E-state index contributed by atoms with van der Waals surface area (Å²) in [7, 11) is 0. The average Bonchev–Trinajstić information content (AvgIpc) is 2.94. The smallest absolute Gasteiger partial charge is 0.309 e. The van der Waals surface area contributed by atoms with Crippen molar-refractivity contribution in [1.82, 2.24) is 10.2 Å². The summed E-state index contributed by atoms with van der Waals surface area (Å²) in [6, 6.07) is 17.2. The molecule has 4 atom stereocenters. The molecule has 0 fully saturated rings. The Morgan fingerprint density at radius 3 is 2.53 bits per heavy atom. The maximum atomic E-state index is 13.4. The SMILES string of the molecule is CC1COC(=O)C(Cc2ccccc2)CCC=CCC(CC(=O)N2Cc3ccccc3CC2CO)C(=O)N1. The Morgan fingerprint density at radius 1 is 1.03 bits per heavy atom. The predicted octanol–water partition coefficient (Wildman–Crippen LogP) is 3.59. The number of benzene rings is 2. The molecule has 202 valence electrons. The molecule has 0 radical (unpaired) electrons. The molecule has 2 N–H and O–H groups in total. The number of carbonyl (C=O) groups excluding carboxylic acids is 3. The quantitative estimate of drug-likeness (QED) is 0.466. The number of fused-ring (bicyclic) bond motifs is 1. The standard InChI is InChI=1S/C31H38N2O5/c1-22-21-38-31(37)26(16-23-10-4-2-5-11-23)14-7-3-6-13-25(30(36)32-22)18-29(35)33-19-27-15-9-8-12-24(27)17-28(33)20-34/h2-6,8-12,15,22,25-26,28,34H,7,13-14,16-21H2,1H3,(H,32,36). The molecule has 2 heterocycles. The molecule has 2 aliphatic heterocycles. The molecule has 0 spiro atoms. The van der Waals surface area contributed by atoms with E-state index in [9.17, 15) is 19.5 Å². The number of nitrogens with zero attached hydrogens (tertiary/aromatic N) is 1. The number of aliphatic hydroxyl groups excluding tert-OH is 1. The van der Waals surface area contributed by atoms with Crippen molar-refractivity contribution in [1.29, 1.82) is 0 Å². The van der Waals surface area contributed by atoms with Gasteiger partial charge in [0.1, 0.15) is 6.61 Å². The summed E-state index contributed by atoms with van der Waals surface area (Å²) in [6.45, 7) is 2.19. The van der Waals surface area contributed by atoms with Crippen LogP contribution in [0.15, 0.2) is 66.7 Å². The van der Waals surface area contributed by atoms with Gasteiger partial charge in [0.05, 0.1) is 30.5 Å². The molecule has 2 amide bonds. The van der Waals surface area contributed by atoms with Crippen LogP contribution in [0.5, 0.6) is 0 Å². The summed E-state index contributed by atoms with van der Waals surface area (Å²) in [5, 5.41) is 12.9. The fraction of sp³-hybridized carbons (Fsp3) is 0.452. The van der Waals surface area contributed by atoms with Crippen molar-refractivity contribution in [2.75, 3.05) is 13.2 Å². The second-order valence-corrected chi connectivity index (χ2v) is 10.4. The monoisotopic (exact) mass is 518 g/mol. The molecule has 2 aromatic carbocycles. The van der Waals surface area contributed by atoms with Crippen molar-refractivity contribution in [2.45, 2.75) is 64.1 Å². The molecule has 7 heteroatoms. The lowest BCUT2D eigenvalue weighted by molar-refractivity contribution is -0.150. The third kappa shape index (κ3) is 7.32. The van der Waals surface area contributed by atoms with Crippen molar-refractivity contribution in [3.8, 4) is 0 Å². The van der Waals surface area contributed by atoms with E-state index < -0.39 is 5.92 Å². The molecule has 0 saturated carbocycles. The van der Waals surface area contributed by atoms with Gasteiger partial charge in [0, 0.05) is 13.0 Å². The van der Waals surface area contributed by atoms with E-state index in [1.165, 1.54) is 0 Å². The zero-order chi connectivity index (χ0) is 26.9. The van der Waals surface area contributed by atoms with Crippen molar-refractivity contribution in [3.05, 3.63) is 83.4 Å². The number of cyclic esters (lactones) is 1. The molecule has 0 aliphatic carbocycles. The van der Waals surface area contributed by atoms with Crippen LogP contribution in [0.3, 0.4) is 0 Å². The van der Waals surface area contributed by atoms with Gasteiger partial charge in [0.15, 0.2) is 0 Å². The molecule has 0 bridgehead atoms. The van der Waals surface area contributed by atoms with Crippen LogP contribution < -0.4 is 5.32 Å². The van der Waals surface area contributed by atoms with Crippen LogP contribution in [-0.4, -0.2) is 53.1 Å². The molecule has 4 rings (SSSR count). The molecule has 38 heavy (non-hydrogen) atoms. The number of carbonyl (C=O) groups is 3. The van der Waals surface area contributed by atoms with Crippen LogP contribution in [-0.2, 0) is 38.5 Å². The van der Waals surface area contributed by atoms with Gasteiger partial charge in [-0.25, -0.2) is 0 Å². The van der Waals surface area contributed by atoms with E-state index in [1.54, 1.807) is 11.8 Å². The summed E-state index contributed by atoms with van der Waals surface area (Å²) in [6.07, 6.45) is 6.95. The van der Waals surface area contributed by atoms with Crippen LogP contribution in [0.1, 0.15) is 49.3 Å². The number of allylic oxidation sites excluding steroid dienone is 2. The number of aliphatic hydroxyl groups is 1.